The quantitative estimate of drug-likeness (QED) is 0.820. The van der Waals surface area contributed by atoms with Crippen LogP contribution in [0.4, 0.5) is 17.6 Å². The van der Waals surface area contributed by atoms with E-state index in [2.05, 4.69) is 10.4 Å². The van der Waals surface area contributed by atoms with E-state index in [-0.39, 0.29) is 5.92 Å². The van der Waals surface area contributed by atoms with Crippen molar-refractivity contribution in [2.75, 3.05) is 6.54 Å². The van der Waals surface area contributed by atoms with E-state index in [4.69, 9.17) is 11.6 Å². The molecular formula is C11H14ClF4N3O. The smallest absolute Gasteiger partial charge is 0.283 e. The summed E-state index contributed by atoms with van der Waals surface area (Å²) in [5.74, 6) is -0.424. The van der Waals surface area contributed by atoms with Crippen LogP contribution in [0, 0.1) is 5.92 Å². The maximum atomic E-state index is 12.8. The molecule has 114 valence electrons. The Morgan fingerprint density at radius 2 is 1.90 bits per heavy atom. The summed E-state index contributed by atoms with van der Waals surface area (Å²) in [6, 6.07) is 0. The third-order valence-electron chi connectivity index (χ3n) is 2.37. The van der Waals surface area contributed by atoms with Crippen molar-refractivity contribution >= 4 is 17.5 Å². The number of nitrogens with zero attached hydrogens (tertiary/aromatic N) is 2. The van der Waals surface area contributed by atoms with Crippen LogP contribution in [-0.4, -0.2) is 22.2 Å². The highest BCUT2D eigenvalue weighted by molar-refractivity contribution is 6.32. The molecule has 0 atom stereocenters. The van der Waals surface area contributed by atoms with Gasteiger partial charge in [0, 0.05) is 6.54 Å². The first kappa shape index (κ1) is 16.7. The molecular weight excluding hydrogens is 302 g/mol. The van der Waals surface area contributed by atoms with Gasteiger partial charge in [0.25, 0.3) is 12.9 Å². The van der Waals surface area contributed by atoms with Crippen LogP contribution in [0.5, 0.6) is 0 Å². The number of carbonyl (C=O) groups is 1. The highest BCUT2D eigenvalue weighted by Crippen LogP contribution is 2.34. The Morgan fingerprint density at radius 3 is 2.35 bits per heavy atom. The summed E-state index contributed by atoms with van der Waals surface area (Å²) in [5, 5.41) is 4.97. The van der Waals surface area contributed by atoms with Gasteiger partial charge in [-0.3, -0.25) is 9.48 Å². The summed E-state index contributed by atoms with van der Waals surface area (Å²) in [7, 11) is 0. The number of carbonyl (C=O) groups excluding carboxylic acids is 1. The van der Waals surface area contributed by atoms with E-state index in [9.17, 15) is 22.4 Å². The van der Waals surface area contributed by atoms with Crippen molar-refractivity contribution in [2.45, 2.75) is 33.2 Å². The summed E-state index contributed by atoms with van der Waals surface area (Å²) in [6.07, 6.45) is -6.18. The van der Waals surface area contributed by atoms with Gasteiger partial charge in [0.2, 0.25) is 5.91 Å². The minimum atomic E-state index is -3.10. The molecule has 0 spiro atoms. The molecule has 1 N–H and O–H groups in total. The molecule has 0 aliphatic heterocycles. The van der Waals surface area contributed by atoms with Crippen LogP contribution in [0.25, 0.3) is 0 Å². The van der Waals surface area contributed by atoms with Crippen molar-refractivity contribution in [2.24, 2.45) is 5.92 Å². The Balaban J connectivity index is 2.94. The number of alkyl halides is 4. The summed E-state index contributed by atoms with van der Waals surface area (Å²) in [4.78, 5) is 11.5. The lowest BCUT2D eigenvalue weighted by molar-refractivity contribution is -0.122. The Morgan fingerprint density at radius 1 is 1.30 bits per heavy atom. The fourth-order valence-electron chi connectivity index (χ4n) is 1.45. The lowest BCUT2D eigenvalue weighted by Gasteiger charge is -2.09. The normalized spacial score (nSPS) is 11.7. The van der Waals surface area contributed by atoms with Gasteiger partial charge in [-0.1, -0.05) is 25.4 Å². The van der Waals surface area contributed by atoms with Gasteiger partial charge < -0.3 is 5.32 Å². The first-order chi connectivity index (χ1) is 9.23. The Hall–Kier alpha value is -1.31. The van der Waals surface area contributed by atoms with Gasteiger partial charge in [-0.2, -0.15) is 5.10 Å². The average molecular weight is 316 g/mol. The van der Waals surface area contributed by atoms with Crippen molar-refractivity contribution in [3.8, 4) is 0 Å². The highest BCUT2D eigenvalue weighted by atomic mass is 35.5. The van der Waals surface area contributed by atoms with Gasteiger partial charge in [-0.15, -0.1) is 0 Å². The zero-order chi connectivity index (χ0) is 15.4. The second kappa shape index (κ2) is 6.92. The van der Waals surface area contributed by atoms with Gasteiger partial charge in [-0.05, 0) is 5.92 Å². The van der Waals surface area contributed by atoms with Crippen molar-refractivity contribution in [3.63, 3.8) is 0 Å². The number of aromatic nitrogens is 2. The van der Waals surface area contributed by atoms with Crippen LogP contribution >= 0.6 is 11.6 Å². The average Bonchev–Trinajstić information content (AvgIpc) is 2.63. The van der Waals surface area contributed by atoms with Crippen molar-refractivity contribution in [1.82, 2.24) is 15.1 Å². The van der Waals surface area contributed by atoms with Crippen molar-refractivity contribution < 1.29 is 22.4 Å². The van der Waals surface area contributed by atoms with E-state index in [0.717, 1.165) is 0 Å². The molecule has 0 radical (unpaired) electrons. The van der Waals surface area contributed by atoms with E-state index in [1.54, 1.807) is 0 Å². The SMILES string of the molecule is CC(C)CNC(=O)Cn1nc(C(F)F)c(Cl)c1C(F)F. The van der Waals surface area contributed by atoms with Crippen LogP contribution in [0.2, 0.25) is 5.02 Å². The van der Waals surface area contributed by atoms with Crippen molar-refractivity contribution in [1.29, 1.82) is 0 Å². The number of hydrogen-bond acceptors (Lipinski definition) is 2. The van der Waals surface area contributed by atoms with Crippen LogP contribution < -0.4 is 5.32 Å². The largest absolute Gasteiger partial charge is 0.354 e. The Labute approximate surface area is 118 Å². The second-order valence-electron chi connectivity index (χ2n) is 4.54. The van der Waals surface area contributed by atoms with Crippen LogP contribution in [-0.2, 0) is 11.3 Å². The fraction of sp³-hybridized carbons (Fsp3) is 0.636. The van der Waals surface area contributed by atoms with Crippen LogP contribution in [0.3, 0.4) is 0 Å². The van der Waals surface area contributed by atoms with Gasteiger partial charge in [0.05, 0.1) is 5.02 Å². The van der Waals surface area contributed by atoms with Crippen LogP contribution in [0.15, 0.2) is 0 Å². The number of hydrogen-bond donors (Lipinski definition) is 1. The number of nitrogens with one attached hydrogen (secondary N) is 1. The molecule has 0 fully saturated rings. The van der Waals surface area contributed by atoms with Gasteiger partial charge in [-0.25, -0.2) is 17.6 Å². The molecule has 0 aromatic carbocycles. The van der Waals surface area contributed by atoms with E-state index in [0.29, 0.717) is 11.2 Å². The summed E-state index contributed by atoms with van der Waals surface area (Å²) < 4.78 is 51.3. The zero-order valence-corrected chi connectivity index (χ0v) is 11.6. The van der Waals surface area contributed by atoms with Crippen molar-refractivity contribution in [3.05, 3.63) is 16.4 Å². The van der Waals surface area contributed by atoms with E-state index in [1.165, 1.54) is 0 Å². The minimum absolute atomic E-state index is 0.173. The number of halogens is 5. The first-order valence-electron chi connectivity index (χ1n) is 5.83. The van der Waals surface area contributed by atoms with E-state index < -0.39 is 41.7 Å². The molecule has 1 aromatic heterocycles. The second-order valence-corrected chi connectivity index (χ2v) is 4.92. The summed E-state index contributed by atoms with van der Waals surface area (Å²) in [6.45, 7) is 3.47. The predicted molar refractivity (Wildman–Crippen MR) is 65.0 cm³/mol. The summed E-state index contributed by atoms with van der Waals surface area (Å²) in [5.41, 5.74) is -1.82. The van der Waals surface area contributed by atoms with Gasteiger partial charge in [0.15, 0.2) is 0 Å². The topological polar surface area (TPSA) is 46.9 Å². The molecule has 9 heteroatoms. The third kappa shape index (κ3) is 4.09. The lowest BCUT2D eigenvalue weighted by Crippen LogP contribution is -2.31. The van der Waals surface area contributed by atoms with E-state index in [1.807, 2.05) is 13.8 Å². The molecule has 1 heterocycles. The molecule has 4 nitrogen and oxygen atoms in total. The highest BCUT2D eigenvalue weighted by Gasteiger charge is 2.28. The minimum Gasteiger partial charge on any atom is -0.354 e. The van der Waals surface area contributed by atoms with Gasteiger partial charge in [0.1, 0.15) is 17.9 Å². The molecule has 0 aliphatic carbocycles. The molecule has 0 unspecified atom stereocenters. The molecule has 1 amide bonds. The fourth-order valence-corrected chi connectivity index (χ4v) is 1.75. The number of rotatable bonds is 6. The first-order valence-corrected chi connectivity index (χ1v) is 6.20. The Kier molecular flexibility index (Phi) is 5.79. The molecule has 0 saturated heterocycles. The zero-order valence-electron chi connectivity index (χ0n) is 10.8. The molecule has 1 aromatic rings. The Bertz CT molecular complexity index is 476. The van der Waals surface area contributed by atoms with E-state index >= 15 is 0 Å². The monoisotopic (exact) mass is 315 g/mol. The molecule has 20 heavy (non-hydrogen) atoms. The predicted octanol–water partition coefficient (Wildman–Crippen LogP) is 3.18. The lowest BCUT2D eigenvalue weighted by atomic mass is 10.2. The molecule has 1 rings (SSSR count). The standard InChI is InChI=1S/C11H14ClF4N3O/c1-5(2)3-17-6(20)4-19-9(11(15)16)7(12)8(18-19)10(13)14/h5,10-11H,3-4H2,1-2H3,(H,17,20). The maximum Gasteiger partial charge on any atom is 0.283 e. The third-order valence-corrected chi connectivity index (χ3v) is 2.76. The number of amides is 1. The maximum absolute atomic E-state index is 12.8. The molecule has 0 aliphatic rings. The summed E-state index contributed by atoms with van der Waals surface area (Å²) >= 11 is 5.46. The molecule has 0 bridgehead atoms. The van der Waals surface area contributed by atoms with Gasteiger partial charge >= 0.3 is 0 Å². The molecule has 0 saturated carbocycles. The van der Waals surface area contributed by atoms with Crippen LogP contribution in [0.1, 0.15) is 38.1 Å².